The Labute approximate surface area is 211 Å². The van der Waals surface area contributed by atoms with E-state index in [1.165, 1.54) is 0 Å². The monoisotopic (exact) mass is 541 g/mol. The van der Waals surface area contributed by atoms with E-state index in [0.717, 1.165) is 5.56 Å². The highest BCUT2D eigenvalue weighted by Crippen LogP contribution is 2.50. The molecule has 0 saturated carbocycles. The molecule has 11 nitrogen and oxygen atoms in total. The van der Waals surface area contributed by atoms with Gasteiger partial charge in [-0.15, -0.1) is 12.2 Å². The van der Waals surface area contributed by atoms with Crippen LogP contribution in [0.3, 0.4) is 0 Å². The number of rotatable bonds is 13. The summed E-state index contributed by atoms with van der Waals surface area (Å²) in [5.41, 5.74) is 9.70. The van der Waals surface area contributed by atoms with Crippen molar-refractivity contribution in [1.29, 1.82) is 0 Å². The molecule has 6 atom stereocenters. The van der Waals surface area contributed by atoms with Crippen molar-refractivity contribution in [2.75, 3.05) is 7.05 Å². The molecule has 0 heterocycles. The molecular weight excluding hydrogens is 512 g/mol. The molecule has 0 radical (unpaired) electrons. The summed E-state index contributed by atoms with van der Waals surface area (Å²) in [6.45, 7) is 5.62. The molecule has 35 heavy (non-hydrogen) atoms. The highest BCUT2D eigenvalue weighted by molar-refractivity contribution is 8.44. The van der Waals surface area contributed by atoms with Crippen LogP contribution in [0.1, 0.15) is 38.2 Å². The lowest BCUT2D eigenvalue weighted by Gasteiger charge is -2.30. The maximum atomic E-state index is 10.7. The predicted octanol–water partition coefficient (Wildman–Crippen LogP) is 5.47. The van der Waals surface area contributed by atoms with Crippen LogP contribution in [0.4, 0.5) is 0 Å². The third-order valence-corrected chi connectivity index (χ3v) is 8.95. The lowest BCUT2D eigenvalue weighted by atomic mass is 10.2. The molecule has 0 saturated heterocycles. The van der Waals surface area contributed by atoms with Gasteiger partial charge in [-0.05, 0) is 61.3 Å². The third-order valence-electron chi connectivity index (χ3n) is 4.81. The molecule has 14 heteroatoms. The number of aliphatic hydroxyl groups is 1. The smallest absolute Gasteiger partial charge is 0.319 e. The van der Waals surface area contributed by atoms with Gasteiger partial charge in [-0.2, -0.15) is 5.10 Å². The zero-order valence-corrected chi connectivity index (χ0v) is 22.5. The fourth-order valence-electron chi connectivity index (χ4n) is 2.77. The first-order valence-electron chi connectivity index (χ1n) is 10.5. The summed E-state index contributed by atoms with van der Waals surface area (Å²) in [7, 11) is -2.36. The molecule has 0 spiro atoms. The Morgan fingerprint density at radius 1 is 1.11 bits per heavy atom. The second kappa shape index (κ2) is 14.3. The number of nitrogens with zero attached hydrogens (tertiary/aromatic N) is 5. The number of ether oxygens (including phenoxy) is 2. The van der Waals surface area contributed by atoms with Gasteiger partial charge in [-0.3, -0.25) is 13.9 Å². The number of benzene rings is 2. The average Bonchev–Trinajstić information content (AvgIpc) is 2.82. The molecule has 2 aromatic rings. The fraction of sp³-hybridized carbons (Fsp3) is 0.381. The van der Waals surface area contributed by atoms with E-state index >= 15 is 0 Å². The quantitative estimate of drug-likeness (QED) is 0.0444. The lowest BCUT2D eigenvalue weighted by Crippen LogP contribution is -2.27. The van der Waals surface area contributed by atoms with Gasteiger partial charge in [0.2, 0.25) is 0 Å². The summed E-state index contributed by atoms with van der Waals surface area (Å²) < 4.78 is 28.5. The topological polar surface area (TPSA) is 150 Å². The molecule has 0 bridgehead atoms. The van der Waals surface area contributed by atoms with Gasteiger partial charge in [0.05, 0.1) is 13.5 Å². The van der Waals surface area contributed by atoms with Crippen molar-refractivity contribution < 1.29 is 28.6 Å². The van der Waals surface area contributed by atoms with Gasteiger partial charge in [-0.1, -0.05) is 24.2 Å². The Kier molecular flexibility index (Phi) is 11.8. The van der Waals surface area contributed by atoms with Crippen molar-refractivity contribution in [3.8, 4) is 11.5 Å². The van der Waals surface area contributed by atoms with Gasteiger partial charge in [0, 0.05) is 23.2 Å². The van der Waals surface area contributed by atoms with E-state index in [4.69, 9.17) is 32.1 Å². The maximum Gasteiger partial charge on any atom is 0.319 e. The van der Waals surface area contributed by atoms with Crippen LogP contribution in [0.25, 0.3) is 10.4 Å². The molecular formula is C21H29N5O6P2S. The first-order valence-corrected chi connectivity index (χ1v) is 14.3. The second-order valence-electron chi connectivity index (χ2n) is 7.41. The summed E-state index contributed by atoms with van der Waals surface area (Å²) in [6.07, 6.45) is -0.538. The van der Waals surface area contributed by atoms with Crippen LogP contribution in [0, 0.1) is 0 Å². The average molecular weight is 542 g/mol. The Bertz CT molecular complexity index is 1040. The molecule has 190 valence electrons. The third kappa shape index (κ3) is 9.70. The maximum absolute atomic E-state index is 10.7. The van der Waals surface area contributed by atoms with Gasteiger partial charge in [-0.25, -0.2) is 0 Å². The minimum absolute atomic E-state index is 0.0436. The molecule has 2 N–H and O–H groups in total. The van der Waals surface area contributed by atoms with Gasteiger partial charge >= 0.3 is 8.25 Å². The van der Waals surface area contributed by atoms with E-state index in [1.54, 1.807) is 54.3 Å². The summed E-state index contributed by atoms with van der Waals surface area (Å²) in [5.74, 6) is 1.17. The highest BCUT2D eigenvalue weighted by atomic mass is 32.7. The number of hydrazone groups is 1. The van der Waals surface area contributed by atoms with Gasteiger partial charge in [0.1, 0.15) is 17.6 Å². The lowest BCUT2D eigenvalue weighted by molar-refractivity contribution is -0.0207. The van der Waals surface area contributed by atoms with Gasteiger partial charge in [0.25, 0.3) is 0 Å². The molecule has 2 rings (SSSR count). The first-order chi connectivity index (χ1) is 16.6. The second-order valence-corrected chi connectivity index (χ2v) is 11.4. The summed E-state index contributed by atoms with van der Waals surface area (Å²) in [5, 5.41) is 17.7. The van der Waals surface area contributed by atoms with Gasteiger partial charge < -0.3 is 19.5 Å². The molecule has 5 unspecified atom stereocenters. The molecule has 0 aromatic heterocycles. The predicted molar refractivity (Wildman–Crippen MR) is 140 cm³/mol. The van der Waals surface area contributed by atoms with Crippen molar-refractivity contribution >= 4 is 34.0 Å². The standard InChI is InChI=1S/C21H29N5O6P2S/c1-14(30-19-11-7-18(8-12-19)21(27)32-34(28)29)15(2)33(35)26(4)23-13-17-5-9-20(10-6-17)31-16(3)24-25-22/h5-16,21,27,34-35H,1-4H3,(H,28,29)/b23-13+/t14-,15?,16?,21?,33?/m1/s1. The number of hydrogen-bond donors (Lipinski definition) is 3. The molecule has 0 aliphatic rings. The Morgan fingerprint density at radius 2 is 1.69 bits per heavy atom. The first kappa shape index (κ1) is 28.9. The van der Waals surface area contributed by atoms with Crippen LogP contribution in [0.15, 0.2) is 58.7 Å². The zero-order valence-electron chi connectivity index (χ0n) is 19.7. The van der Waals surface area contributed by atoms with Crippen LogP contribution in [-0.4, -0.2) is 46.0 Å². The highest BCUT2D eigenvalue weighted by Gasteiger charge is 2.25. The van der Waals surface area contributed by atoms with E-state index in [9.17, 15) is 9.67 Å². The van der Waals surface area contributed by atoms with Crippen LogP contribution in [0.5, 0.6) is 11.5 Å². The molecule has 0 amide bonds. The van der Waals surface area contributed by atoms with Crippen molar-refractivity contribution in [2.45, 2.75) is 45.1 Å². The number of azide groups is 1. The van der Waals surface area contributed by atoms with E-state index < -0.39 is 28.0 Å². The van der Waals surface area contributed by atoms with Crippen LogP contribution < -0.4 is 9.47 Å². The van der Waals surface area contributed by atoms with Gasteiger partial charge in [0.15, 0.2) is 12.5 Å². The largest absolute Gasteiger partial charge is 0.490 e. The van der Waals surface area contributed by atoms with Crippen molar-refractivity contribution in [3.05, 3.63) is 70.1 Å². The van der Waals surface area contributed by atoms with E-state index in [-0.39, 0.29) is 11.8 Å². The Morgan fingerprint density at radius 3 is 2.26 bits per heavy atom. The van der Waals surface area contributed by atoms with Crippen LogP contribution >= 0.6 is 27.8 Å². The zero-order chi connectivity index (χ0) is 26.0. The molecule has 2 aromatic carbocycles. The number of hydrogen-bond acceptors (Lipinski definition) is 9. The minimum atomic E-state index is -3.24. The minimum Gasteiger partial charge on any atom is -0.490 e. The Balaban J connectivity index is 1.91. The van der Waals surface area contributed by atoms with E-state index in [2.05, 4.69) is 19.7 Å². The van der Waals surface area contributed by atoms with Crippen molar-refractivity contribution in [3.63, 3.8) is 0 Å². The Hall–Kier alpha value is -2.29. The van der Waals surface area contributed by atoms with E-state index in [0.29, 0.717) is 17.1 Å². The summed E-state index contributed by atoms with van der Waals surface area (Å²) >= 11 is 4.76. The van der Waals surface area contributed by atoms with Crippen LogP contribution in [0.2, 0.25) is 0 Å². The van der Waals surface area contributed by atoms with Crippen LogP contribution in [-0.2, 0) is 9.09 Å². The fourth-order valence-corrected chi connectivity index (χ4v) is 4.92. The van der Waals surface area contributed by atoms with E-state index in [1.807, 2.05) is 33.0 Å². The number of aliphatic hydroxyl groups excluding tert-OH is 1. The molecule has 0 aliphatic heterocycles. The SMILES string of the molecule is CC(N=[N+]=[N-])Oc1ccc(/C=N/N(C)P(S)C(C)[C@@H](C)Oc2ccc(C(O)O[PH](=O)O)cc2)cc1. The summed E-state index contributed by atoms with van der Waals surface area (Å²) in [4.78, 5) is 11.5. The van der Waals surface area contributed by atoms with Crippen molar-refractivity contribution in [1.82, 2.24) is 4.78 Å². The van der Waals surface area contributed by atoms with Crippen molar-refractivity contribution in [2.24, 2.45) is 10.2 Å². The normalized spacial score (nSPS) is 16.4. The summed E-state index contributed by atoms with van der Waals surface area (Å²) in [6, 6.07) is 13.7. The molecule has 0 aliphatic carbocycles. The number of thiol groups is 1. The molecule has 0 fully saturated rings.